The first-order valence-corrected chi connectivity index (χ1v) is 5.35. The highest BCUT2D eigenvalue weighted by molar-refractivity contribution is 6.37. The van der Waals surface area contributed by atoms with Gasteiger partial charge in [-0.3, -0.25) is 0 Å². The third-order valence-corrected chi connectivity index (χ3v) is 3.08. The number of benzene rings is 1. The number of phenols is 1. The zero-order chi connectivity index (χ0) is 10.1. The van der Waals surface area contributed by atoms with E-state index < -0.39 is 0 Å². The fraction of sp³-hybridized carbons (Fsp3) is 0.400. The molecule has 1 heterocycles. The van der Waals surface area contributed by atoms with E-state index in [0.717, 1.165) is 18.5 Å². The minimum atomic E-state index is -0.0323. The zero-order valence-corrected chi connectivity index (χ0v) is 10.3. The maximum atomic E-state index is 9.39. The van der Waals surface area contributed by atoms with Gasteiger partial charge in [-0.05, 0) is 37.1 Å². The molecule has 1 aliphatic heterocycles. The maximum Gasteiger partial charge on any atom is 0.152 e. The van der Waals surface area contributed by atoms with Crippen LogP contribution in [0.3, 0.4) is 0 Å². The monoisotopic (exact) mass is 267 g/mol. The van der Waals surface area contributed by atoms with Gasteiger partial charge in [0.05, 0.1) is 10.0 Å². The van der Waals surface area contributed by atoms with Gasteiger partial charge in [-0.1, -0.05) is 23.2 Å². The van der Waals surface area contributed by atoms with E-state index >= 15 is 0 Å². The van der Waals surface area contributed by atoms with Gasteiger partial charge in [-0.15, -0.1) is 12.4 Å². The largest absolute Gasteiger partial charge is 0.505 e. The normalized spacial score (nSPS) is 20.0. The summed E-state index contributed by atoms with van der Waals surface area (Å²) in [5.41, 5.74) is 1.05. The number of aromatic hydroxyl groups is 1. The van der Waals surface area contributed by atoms with E-state index in [1.54, 1.807) is 12.1 Å². The van der Waals surface area contributed by atoms with Gasteiger partial charge in [0, 0.05) is 6.04 Å². The van der Waals surface area contributed by atoms with Crippen LogP contribution in [0.5, 0.6) is 5.75 Å². The molecule has 2 rings (SSSR count). The Hall–Kier alpha value is -0.150. The lowest BCUT2D eigenvalue weighted by molar-refractivity contribution is 0.475. The van der Waals surface area contributed by atoms with Crippen LogP contribution in [0.1, 0.15) is 24.4 Å². The molecule has 0 spiro atoms. The first-order valence-electron chi connectivity index (χ1n) is 4.60. The number of hydrogen-bond donors (Lipinski definition) is 2. The van der Waals surface area contributed by atoms with Crippen molar-refractivity contribution in [2.24, 2.45) is 0 Å². The summed E-state index contributed by atoms with van der Waals surface area (Å²) < 4.78 is 0. The molecule has 0 radical (unpaired) electrons. The summed E-state index contributed by atoms with van der Waals surface area (Å²) in [7, 11) is 0. The lowest BCUT2D eigenvalue weighted by Crippen LogP contribution is -2.12. The Morgan fingerprint density at radius 1 is 1.27 bits per heavy atom. The second-order valence-corrected chi connectivity index (χ2v) is 4.30. The molecule has 2 nitrogen and oxygen atoms in total. The van der Waals surface area contributed by atoms with Crippen LogP contribution in [-0.4, -0.2) is 11.7 Å². The van der Waals surface area contributed by atoms with Gasteiger partial charge >= 0.3 is 0 Å². The summed E-state index contributed by atoms with van der Waals surface area (Å²) in [6.07, 6.45) is 2.26. The predicted octanol–water partition coefficient (Wildman–Crippen LogP) is 3.55. The second-order valence-electron chi connectivity index (χ2n) is 3.48. The van der Waals surface area contributed by atoms with Gasteiger partial charge in [0.2, 0.25) is 0 Å². The second kappa shape index (κ2) is 5.26. The van der Waals surface area contributed by atoms with Crippen molar-refractivity contribution in [2.45, 2.75) is 18.9 Å². The van der Waals surface area contributed by atoms with Crippen molar-refractivity contribution in [2.75, 3.05) is 6.54 Å². The summed E-state index contributed by atoms with van der Waals surface area (Å²) in [5.74, 6) is -0.0323. The van der Waals surface area contributed by atoms with Crippen molar-refractivity contribution >= 4 is 35.6 Å². The molecule has 2 N–H and O–H groups in total. The van der Waals surface area contributed by atoms with Crippen LogP contribution in [-0.2, 0) is 0 Å². The Bertz CT molecular complexity index is 328. The smallest absolute Gasteiger partial charge is 0.152 e. The molecule has 1 saturated heterocycles. The highest BCUT2D eigenvalue weighted by Gasteiger charge is 2.18. The zero-order valence-electron chi connectivity index (χ0n) is 7.96. The fourth-order valence-corrected chi connectivity index (χ4v) is 2.26. The van der Waals surface area contributed by atoms with Crippen LogP contribution in [0.15, 0.2) is 12.1 Å². The third kappa shape index (κ3) is 2.70. The van der Waals surface area contributed by atoms with Crippen LogP contribution in [0.2, 0.25) is 10.0 Å². The van der Waals surface area contributed by atoms with Crippen LogP contribution >= 0.6 is 35.6 Å². The van der Waals surface area contributed by atoms with E-state index in [2.05, 4.69) is 5.32 Å². The van der Waals surface area contributed by atoms with Crippen LogP contribution in [0.25, 0.3) is 0 Å². The molecule has 0 amide bonds. The van der Waals surface area contributed by atoms with Crippen molar-refractivity contribution in [3.63, 3.8) is 0 Å². The molecule has 1 aromatic carbocycles. The fourth-order valence-electron chi connectivity index (χ4n) is 1.76. The van der Waals surface area contributed by atoms with Gasteiger partial charge in [0.25, 0.3) is 0 Å². The average Bonchev–Trinajstić information content (AvgIpc) is 2.66. The van der Waals surface area contributed by atoms with E-state index in [1.807, 2.05) is 0 Å². The van der Waals surface area contributed by atoms with Gasteiger partial charge in [-0.2, -0.15) is 0 Å². The first-order chi connectivity index (χ1) is 6.68. The van der Waals surface area contributed by atoms with E-state index in [0.29, 0.717) is 16.1 Å². The minimum absolute atomic E-state index is 0. The topological polar surface area (TPSA) is 32.3 Å². The Kier molecular flexibility index (Phi) is 4.53. The number of halogens is 3. The molecule has 1 fully saturated rings. The predicted molar refractivity (Wildman–Crippen MR) is 65.4 cm³/mol. The molecule has 0 bridgehead atoms. The van der Waals surface area contributed by atoms with Gasteiger partial charge in [0.15, 0.2) is 5.75 Å². The summed E-state index contributed by atoms with van der Waals surface area (Å²) >= 11 is 11.7. The van der Waals surface area contributed by atoms with E-state index in [4.69, 9.17) is 23.2 Å². The van der Waals surface area contributed by atoms with Gasteiger partial charge in [-0.25, -0.2) is 0 Å². The summed E-state index contributed by atoms with van der Waals surface area (Å²) in [4.78, 5) is 0. The van der Waals surface area contributed by atoms with Gasteiger partial charge in [0.1, 0.15) is 0 Å². The SMILES string of the molecule is Cl.Oc1c(Cl)cc([C@@H]2CCCN2)cc1Cl. The summed E-state index contributed by atoms with van der Waals surface area (Å²) in [6, 6.07) is 3.86. The quantitative estimate of drug-likeness (QED) is 0.816. The van der Waals surface area contributed by atoms with Crippen molar-refractivity contribution in [1.29, 1.82) is 0 Å². The first kappa shape index (κ1) is 12.9. The highest BCUT2D eigenvalue weighted by atomic mass is 35.5. The van der Waals surface area contributed by atoms with Crippen LogP contribution in [0, 0.1) is 0 Å². The molecular formula is C10H12Cl3NO. The molecule has 0 aromatic heterocycles. The Labute approximate surface area is 105 Å². The van der Waals surface area contributed by atoms with E-state index in [1.165, 1.54) is 6.42 Å². The highest BCUT2D eigenvalue weighted by Crippen LogP contribution is 2.36. The molecule has 0 unspecified atom stereocenters. The van der Waals surface area contributed by atoms with Crippen molar-refractivity contribution < 1.29 is 5.11 Å². The molecular weight excluding hydrogens is 256 g/mol. The number of phenolic OH excluding ortho intramolecular Hbond substituents is 1. The maximum absolute atomic E-state index is 9.39. The molecule has 1 aliphatic rings. The van der Waals surface area contributed by atoms with Crippen LogP contribution < -0.4 is 5.32 Å². The Morgan fingerprint density at radius 3 is 2.33 bits per heavy atom. The molecule has 1 aromatic rings. The molecule has 84 valence electrons. The Morgan fingerprint density at radius 2 is 1.87 bits per heavy atom. The average molecular weight is 269 g/mol. The van der Waals surface area contributed by atoms with Crippen molar-refractivity contribution in [1.82, 2.24) is 5.32 Å². The number of hydrogen-bond acceptors (Lipinski definition) is 2. The molecule has 0 saturated carbocycles. The molecule has 5 heteroatoms. The van der Waals surface area contributed by atoms with Crippen molar-refractivity contribution in [3.8, 4) is 5.75 Å². The molecule has 0 aliphatic carbocycles. The lowest BCUT2D eigenvalue weighted by atomic mass is 10.1. The Balaban J connectivity index is 0.00000112. The third-order valence-electron chi connectivity index (χ3n) is 2.50. The van der Waals surface area contributed by atoms with E-state index in [9.17, 15) is 5.11 Å². The van der Waals surface area contributed by atoms with Crippen molar-refractivity contribution in [3.05, 3.63) is 27.7 Å². The lowest BCUT2D eigenvalue weighted by Gasteiger charge is -2.12. The number of nitrogens with one attached hydrogen (secondary N) is 1. The standard InChI is InChI=1S/C10H11Cl2NO.ClH/c11-7-4-6(5-8(12)10(7)14)9-2-1-3-13-9;/h4-5,9,13-14H,1-3H2;1H/t9-;/m0./s1. The number of rotatable bonds is 1. The van der Waals surface area contributed by atoms with Crippen LogP contribution in [0.4, 0.5) is 0 Å². The summed E-state index contributed by atoms with van der Waals surface area (Å²) in [5, 5.41) is 13.4. The minimum Gasteiger partial charge on any atom is -0.505 e. The molecule has 1 atom stereocenters. The van der Waals surface area contributed by atoms with E-state index in [-0.39, 0.29) is 18.2 Å². The van der Waals surface area contributed by atoms with Gasteiger partial charge < -0.3 is 10.4 Å². The summed E-state index contributed by atoms with van der Waals surface area (Å²) in [6.45, 7) is 1.03. The molecule has 15 heavy (non-hydrogen) atoms.